The molecule has 224 valence electrons. The van der Waals surface area contributed by atoms with Crippen LogP contribution in [0.3, 0.4) is 0 Å². The van der Waals surface area contributed by atoms with Gasteiger partial charge in [0.1, 0.15) is 5.69 Å². The number of aromatic nitrogens is 1. The second-order valence-corrected chi connectivity index (χ2v) is 13.9. The Morgan fingerprint density at radius 1 is 0.556 bits per heavy atom. The molecule has 1 aliphatic heterocycles. The Morgan fingerprint density at radius 2 is 1.04 bits per heavy atom. The summed E-state index contributed by atoms with van der Waals surface area (Å²) in [5.74, 6) is 0. The van der Waals surface area contributed by atoms with Gasteiger partial charge >= 0.3 is 114 Å². The number of nitrogens with one attached hydrogen (secondary N) is 1. The normalized spacial score (nSPS) is 23.1. The van der Waals surface area contributed by atoms with Gasteiger partial charge in [0.05, 0.1) is 0 Å². The van der Waals surface area contributed by atoms with Gasteiger partial charge < -0.3 is 0 Å². The van der Waals surface area contributed by atoms with Crippen LogP contribution in [-0.2, 0) is 45.1 Å². The van der Waals surface area contributed by atoms with E-state index in [9.17, 15) is 38.9 Å². The Labute approximate surface area is 326 Å². The van der Waals surface area contributed by atoms with E-state index in [1.54, 1.807) is 30.3 Å². The van der Waals surface area contributed by atoms with Crippen LogP contribution in [0.1, 0.15) is 16.8 Å². The molecule has 3 aromatic carbocycles. The van der Waals surface area contributed by atoms with E-state index < -0.39 is 61.9 Å². The van der Waals surface area contributed by atoms with Gasteiger partial charge in [-0.1, -0.05) is 91.0 Å². The summed E-state index contributed by atoms with van der Waals surface area (Å²) in [4.78, 5) is -6.29. The number of azo groups is 1. The van der Waals surface area contributed by atoms with Crippen LogP contribution < -0.4 is 5.32 Å². The van der Waals surface area contributed by atoms with E-state index >= 15 is 0 Å². The third kappa shape index (κ3) is 6.72. The van der Waals surface area contributed by atoms with E-state index in [0.29, 0.717) is 11.1 Å². The van der Waals surface area contributed by atoms with Crippen LogP contribution in [-0.4, -0.2) is 133 Å². The fraction of sp³-hybridized carbons (Fsp3) is 0.115. The molecule has 0 saturated heterocycles. The van der Waals surface area contributed by atoms with Crippen molar-refractivity contribution in [3.63, 3.8) is 0 Å². The van der Waals surface area contributed by atoms with Crippen molar-refractivity contribution in [2.24, 2.45) is 10.2 Å². The summed E-state index contributed by atoms with van der Waals surface area (Å²) >= 11 is 0. The fourth-order valence-electron chi connectivity index (χ4n) is 4.99. The molecule has 3 unspecified atom stereocenters. The Balaban J connectivity index is 0.00000235. The van der Waals surface area contributed by atoms with Crippen LogP contribution in [0.4, 0.5) is 0 Å². The van der Waals surface area contributed by atoms with E-state index in [4.69, 9.17) is 0 Å². The van der Waals surface area contributed by atoms with E-state index in [2.05, 4.69) is 20.5 Å². The molecule has 45 heavy (non-hydrogen) atoms. The second kappa shape index (κ2) is 14.7. The maximum atomic E-state index is 13.6. The van der Waals surface area contributed by atoms with E-state index in [-0.39, 0.29) is 88.7 Å². The second-order valence-electron chi connectivity index (χ2n) is 9.25. The SMILES string of the molecule is O=S(=O)(O)C1(c2cc(-c3ccccc3)ccn2)N=NC(c2ccccc2)(S(=O)(=O)O)C(c2ccccc2)(S(=O)(=O)O)N1.[NaH].[NaH].[NaH]. The third-order valence-electron chi connectivity index (χ3n) is 6.85. The first-order valence-corrected chi connectivity index (χ1v) is 16.3. The van der Waals surface area contributed by atoms with Crippen molar-refractivity contribution < 1.29 is 38.9 Å². The number of pyridine rings is 1. The quantitative estimate of drug-likeness (QED) is 0.159. The van der Waals surface area contributed by atoms with Crippen molar-refractivity contribution in [1.82, 2.24) is 10.3 Å². The number of hydrogen-bond acceptors (Lipinski definition) is 10. The zero-order valence-corrected chi connectivity index (χ0v) is 23.7. The molecule has 13 nitrogen and oxygen atoms in total. The van der Waals surface area contributed by atoms with Gasteiger partial charge in [0.25, 0.3) is 15.0 Å². The summed E-state index contributed by atoms with van der Waals surface area (Å²) < 4.78 is 113. The first-order valence-electron chi connectivity index (χ1n) is 12.0. The summed E-state index contributed by atoms with van der Waals surface area (Å²) in [6, 6.07) is 23.5. The molecule has 0 saturated carbocycles. The zero-order valence-electron chi connectivity index (χ0n) is 21.2. The van der Waals surface area contributed by atoms with Gasteiger partial charge in [0.15, 0.2) is 0 Å². The van der Waals surface area contributed by atoms with E-state index in [1.165, 1.54) is 42.5 Å². The van der Waals surface area contributed by atoms with Crippen LogP contribution in [0.5, 0.6) is 0 Å². The molecule has 4 N–H and O–H groups in total. The van der Waals surface area contributed by atoms with Gasteiger partial charge in [-0.05, 0) is 28.8 Å². The average molecular weight is 703 g/mol. The predicted octanol–water partition coefficient (Wildman–Crippen LogP) is 1.34. The van der Waals surface area contributed by atoms with E-state index in [0.717, 1.165) is 36.5 Å². The number of benzene rings is 3. The molecule has 19 heteroatoms. The Hall–Kier alpha value is -0.900. The van der Waals surface area contributed by atoms with Gasteiger partial charge in [-0.3, -0.25) is 18.6 Å². The molecule has 0 bridgehead atoms. The van der Waals surface area contributed by atoms with Crippen molar-refractivity contribution in [2.75, 3.05) is 0 Å². The molecule has 0 spiro atoms. The van der Waals surface area contributed by atoms with Crippen molar-refractivity contribution in [1.29, 1.82) is 0 Å². The first-order chi connectivity index (χ1) is 19.7. The van der Waals surface area contributed by atoms with Crippen molar-refractivity contribution in [3.05, 3.63) is 126 Å². The minimum absolute atomic E-state index is 0. The third-order valence-corrected chi connectivity index (χ3v) is 10.9. The molecular formula is C26H25N4Na3O9S3. The summed E-state index contributed by atoms with van der Waals surface area (Å²) in [5.41, 5.74) is -0.788. The standard InChI is InChI=1S/C26H22N4O9S3.3Na.3H/c31-40(32,33)24(21-12-6-2-7-13-21)25(41(34,35)36,22-14-8-3-9-15-22)29-30-26(28-24,42(37,38)39)23-18-20(16-17-27-23)19-10-4-1-5-11-19;;;;;;/h1-18,28H,(H,31,32,33)(H,34,35,36)(H,37,38,39);;;;;;. The average Bonchev–Trinajstić information content (AvgIpc) is 2.96. The van der Waals surface area contributed by atoms with Gasteiger partial charge in [0.2, 0.25) is 4.87 Å². The van der Waals surface area contributed by atoms with Crippen molar-refractivity contribution in [2.45, 2.75) is 14.7 Å². The zero-order chi connectivity index (χ0) is 30.4. The molecule has 0 amide bonds. The molecule has 3 atom stereocenters. The Morgan fingerprint density at radius 3 is 1.51 bits per heavy atom. The molecule has 1 aliphatic rings. The summed E-state index contributed by atoms with van der Waals surface area (Å²) in [6.45, 7) is 0. The maximum absolute atomic E-state index is 13.6. The van der Waals surface area contributed by atoms with Crippen LogP contribution in [0, 0.1) is 0 Å². The molecule has 5 rings (SSSR count). The molecule has 2 heterocycles. The molecule has 0 radical (unpaired) electrons. The number of hydrogen-bond donors (Lipinski definition) is 4. The van der Waals surface area contributed by atoms with Gasteiger partial charge in [-0.25, -0.2) is 5.32 Å². The van der Waals surface area contributed by atoms with Crippen molar-refractivity contribution in [3.8, 4) is 11.1 Å². The summed E-state index contributed by atoms with van der Waals surface area (Å²) in [7, 11) is -17.3. The molecule has 0 aliphatic carbocycles. The number of rotatable bonds is 7. The first kappa shape index (κ1) is 40.3. The molecule has 4 aromatic rings. The minimum atomic E-state index is -5.89. The Bertz CT molecular complexity index is 2010. The summed E-state index contributed by atoms with van der Waals surface area (Å²) in [5, 5.41) is 9.50. The van der Waals surface area contributed by atoms with Gasteiger partial charge in [-0.2, -0.15) is 30.4 Å². The van der Waals surface area contributed by atoms with Crippen molar-refractivity contribution >= 4 is 119 Å². The monoisotopic (exact) mass is 702 g/mol. The van der Waals surface area contributed by atoms with Crippen LogP contribution in [0.25, 0.3) is 11.1 Å². The molecule has 1 aromatic heterocycles. The molecule has 0 fully saturated rings. The number of nitrogens with zero attached hydrogens (tertiary/aromatic N) is 3. The van der Waals surface area contributed by atoms with E-state index in [1.807, 2.05) is 0 Å². The van der Waals surface area contributed by atoms with Crippen LogP contribution in [0.15, 0.2) is 120 Å². The Kier molecular flexibility index (Phi) is 13.2. The van der Waals surface area contributed by atoms with Crippen LogP contribution >= 0.6 is 0 Å². The fourth-order valence-corrected chi connectivity index (χ4v) is 8.81. The molecular weight excluding hydrogens is 677 g/mol. The van der Waals surface area contributed by atoms with Gasteiger partial charge in [0, 0.05) is 11.8 Å². The van der Waals surface area contributed by atoms with Crippen LogP contribution in [0.2, 0.25) is 0 Å². The summed E-state index contributed by atoms with van der Waals surface area (Å²) in [6.07, 6.45) is 1.15. The topological polar surface area (TPSA) is 213 Å². The van der Waals surface area contributed by atoms with Gasteiger partial charge in [-0.15, -0.1) is 5.11 Å². The predicted molar refractivity (Wildman–Crippen MR) is 172 cm³/mol.